The third-order valence-corrected chi connectivity index (χ3v) is 2.50. The Balaban J connectivity index is 2.57. The van der Waals surface area contributed by atoms with Crippen LogP contribution in [0.15, 0.2) is 0 Å². The van der Waals surface area contributed by atoms with Gasteiger partial charge in [0.05, 0.1) is 13.2 Å². The molecular weight excluding hydrogens is 210 g/mol. The number of hydrogen-bond acceptors (Lipinski definition) is 4. The summed E-state index contributed by atoms with van der Waals surface area (Å²) in [5.74, 6) is 0. The van der Waals surface area contributed by atoms with E-state index in [1.165, 1.54) is 4.90 Å². The molecule has 94 valence electrons. The lowest BCUT2D eigenvalue weighted by Crippen LogP contribution is -2.53. The van der Waals surface area contributed by atoms with Gasteiger partial charge in [0.15, 0.2) is 0 Å². The first kappa shape index (κ1) is 13.3. The number of carbonyl (C=O) groups excluding carboxylic acids is 1. The molecule has 0 saturated carbocycles. The largest absolute Gasteiger partial charge is 0.444 e. The lowest BCUT2D eigenvalue weighted by Gasteiger charge is -2.38. The van der Waals surface area contributed by atoms with Gasteiger partial charge in [0.1, 0.15) is 11.2 Å². The molecule has 1 aliphatic rings. The minimum atomic E-state index is -1.17. The van der Waals surface area contributed by atoms with Crippen LogP contribution in [0.25, 0.3) is 0 Å². The summed E-state index contributed by atoms with van der Waals surface area (Å²) in [6.45, 7) is 5.77. The maximum Gasteiger partial charge on any atom is 0.410 e. The number of rotatable bonds is 1. The van der Waals surface area contributed by atoms with Crippen LogP contribution in [-0.2, 0) is 4.74 Å². The Kier molecular flexibility index (Phi) is 3.80. The van der Waals surface area contributed by atoms with Crippen LogP contribution in [-0.4, -0.2) is 52.1 Å². The quantitative estimate of drug-likeness (QED) is 0.698. The molecule has 5 nitrogen and oxygen atoms in total. The number of nitrogens with zero attached hydrogens (tertiary/aromatic N) is 1. The van der Waals surface area contributed by atoms with E-state index in [1.54, 1.807) is 20.8 Å². The van der Waals surface area contributed by atoms with Crippen LogP contribution < -0.4 is 0 Å². The number of amides is 1. The highest BCUT2D eigenvalue weighted by Gasteiger charge is 2.36. The zero-order valence-electron chi connectivity index (χ0n) is 10.2. The van der Waals surface area contributed by atoms with E-state index in [-0.39, 0.29) is 13.2 Å². The first-order valence-corrected chi connectivity index (χ1v) is 5.57. The number of likely N-dealkylation sites (tertiary alicyclic amines) is 1. The second-order valence-corrected chi connectivity index (χ2v) is 5.39. The Bertz CT molecular complexity index is 261. The average Bonchev–Trinajstić information content (AvgIpc) is 2.15. The normalized spacial score (nSPS) is 26.7. The van der Waals surface area contributed by atoms with Gasteiger partial charge in [-0.3, -0.25) is 0 Å². The van der Waals surface area contributed by atoms with E-state index < -0.39 is 17.3 Å². The van der Waals surface area contributed by atoms with E-state index in [1.807, 2.05) is 0 Å². The molecule has 0 spiro atoms. The van der Waals surface area contributed by atoms with Crippen molar-refractivity contribution in [3.05, 3.63) is 0 Å². The smallest absolute Gasteiger partial charge is 0.410 e. The number of aliphatic hydroxyl groups excluding tert-OH is 1. The molecule has 16 heavy (non-hydrogen) atoms. The molecule has 1 rings (SSSR count). The zero-order valence-corrected chi connectivity index (χ0v) is 10.2. The van der Waals surface area contributed by atoms with Crippen molar-refractivity contribution in [3.8, 4) is 0 Å². The molecule has 1 amide bonds. The van der Waals surface area contributed by atoms with Gasteiger partial charge in [-0.05, 0) is 33.6 Å². The molecule has 1 heterocycles. The van der Waals surface area contributed by atoms with Crippen LogP contribution in [0.5, 0.6) is 0 Å². The molecule has 1 saturated heterocycles. The van der Waals surface area contributed by atoms with Crippen LogP contribution >= 0.6 is 0 Å². The molecule has 0 aromatic rings. The highest BCUT2D eigenvalue weighted by molar-refractivity contribution is 5.68. The molecule has 2 N–H and O–H groups in total. The Morgan fingerprint density at radius 1 is 1.50 bits per heavy atom. The highest BCUT2D eigenvalue weighted by atomic mass is 16.6. The van der Waals surface area contributed by atoms with Gasteiger partial charge in [0, 0.05) is 6.54 Å². The van der Waals surface area contributed by atoms with Crippen molar-refractivity contribution in [1.29, 1.82) is 0 Å². The van der Waals surface area contributed by atoms with Crippen LogP contribution in [0, 0.1) is 0 Å². The molecule has 0 aliphatic carbocycles. The van der Waals surface area contributed by atoms with Gasteiger partial charge in [-0.25, -0.2) is 4.79 Å². The van der Waals surface area contributed by atoms with Gasteiger partial charge in [-0.15, -0.1) is 0 Å². The van der Waals surface area contributed by atoms with Crippen LogP contribution in [0.1, 0.15) is 33.6 Å². The SMILES string of the molecule is CC(C)(C)OC(=O)N1CCCC(O)(CO)C1. The van der Waals surface area contributed by atoms with Gasteiger partial charge in [0.2, 0.25) is 0 Å². The monoisotopic (exact) mass is 231 g/mol. The molecule has 1 unspecified atom stereocenters. The summed E-state index contributed by atoms with van der Waals surface area (Å²) >= 11 is 0. The maximum absolute atomic E-state index is 11.7. The molecule has 1 fully saturated rings. The minimum Gasteiger partial charge on any atom is -0.444 e. The Morgan fingerprint density at radius 3 is 2.62 bits per heavy atom. The Morgan fingerprint density at radius 2 is 2.12 bits per heavy atom. The van der Waals surface area contributed by atoms with E-state index in [9.17, 15) is 9.90 Å². The van der Waals surface area contributed by atoms with Gasteiger partial charge in [-0.2, -0.15) is 0 Å². The van der Waals surface area contributed by atoms with Crippen molar-refractivity contribution in [2.75, 3.05) is 19.7 Å². The van der Waals surface area contributed by atoms with E-state index in [0.717, 1.165) is 0 Å². The summed E-state index contributed by atoms with van der Waals surface area (Å²) in [4.78, 5) is 13.2. The number of β-amino-alcohol motifs (C(OH)–C–C–N with tert-alkyl or cyclic N) is 1. The van der Waals surface area contributed by atoms with Crippen molar-refractivity contribution >= 4 is 6.09 Å². The van der Waals surface area contributed by atoms with E-state index in [2.05, 4.69) is 0 Å². The molecule has 1 atom stereocenters. The molecule has 5 heteroatoms. The number of carbonyl (C=O) groups is 1. The summed E-state index contributed by atoms with van der Waals surface area (Å²) in [5, 5.41) is 19.0. The second-order valence-electron chi connectivity index (χ2n) is 5.39. The van der Waals surface area contributed by atoms with E-state index >= 15 is 0 Å². The Labute approximate surface area is 96.0 Å². The first-order valence-electron chi connectivity index (χ1n) is 5.57. The summed E-state index contributed by atoms with van der Waals surface area (Å²) in [6, 6.07) is 0. The summed E-state index contributed by atoms with van der Waals surface area (Å²) in [7, 11) is 0. The Hall–Kier alpha value is -0.810. The van der Waals surface area contributed by atoms with E-state index in [4.69, 9.17) is 9.84 Å². The van der Waals surface area contributed by atoms with Gasteiger partial charge in [0.25, 0.3) is 0 Å². The van der Waals surface area contributed by atoms with Crippen molar-refractivity contribution in [2.45, 2.75) is 44.8 Å². The second kappa shape index (κ2) is 4.59. The van der Waals surface area contributed by atoms with Crippen LogP contribution in [0.3, 0.4) is 0 Å². The predicted octanol–water partition coefficient (Wildman–Crippen LogP) is 0.741. The minimum absolute atomic E-state index is 0.137. The van der Waals surface area contributed by atoms with Crippen LogP contribution in [0.2, 0.25) is 0 Å². The molecule has 0 aromatic heterocycles. The van der Waals surface area contributed by atoms with Crippen molar-refractivity contribution in [3.63, 3.8) is 0 Å². The molecular formula is C11H21NO4. The van der Waals surface area contributed by atoms with Crippen molar-refractivity contribution in [1.82, 2.24) is 4.90 Å². The predicted molar refractivity (Wildman–Crippen MR) is 59.1 cm³/mol. The summed E-state index contributed by atoms with van der Waals surface area (Å²) < 4.78 is 5.21. The van der Waals surface area contributed by atoms with Crippen LogP contribution in [0.4, 0.5) is 4.79 Å². The fourth-order valence-electron chi connectivity index (χ4n) is 1.72. The number of hydrogen-bond donors (Lipinski definition) is 2. The summed E-state index contributed by atoms with van der Waals surface area (Å²) in [6.07, 6.45) is 0.762. The third-order valence-electron chi connectivity index (χ3n) is 2.50. The third kappa shape index (κ3) is 3.64. The lowest BCUT2D eigenvalue weighted by molar-refractivity contribution is -0.0704. The fraction of sp³-hybridized carbons (Fsp3) is 0.909. The van der Waals surface area contributed by atoms with Gasteiger partial charge in [-0.1, -0.05) is 0 Å². The molecule has 0 aromatic carbocycles. The molecule has 1 aliphatic heterocycles. The highest BCUT2D eigenvalue weighted by Crippen LogP contribution is 2.22. The van der Waals surface area contributed by atoms with Gasteiger partial charge >= 0.3 is 6.09 Å². The van der Waals surface area contributed by atoms with Crippen molar-refractivity contribution in [2.24, 2.45) is 0 Å². The zero-order chi connectivity index (χ0) is 12.4. The van der Waals surface area contributed by atoms with Gasteiger partial charge < -0.3 is 19.8 Å². The van der Waals surface area contributed by atoms with Crippen molar-refractivity contribution < 1.29 is 19.7 Å². The average molecular weight is 231 g/mol. The maximum atomic E-state index is 11.7. The number of aliphatic hydroxyl groups is 2. The number of ether oxygens (including phenoxy) is 1. The van der Waals surface area contributed by atoms with E-state index in [0.29, 0.717) is 19.4 Å². The fourth-order valence-corrected chi connectivity index (χ4v) is 1.72. The number of piperidine rings is 1. The summed E-state index contributed by atoms with van der Waals surface area (Å²) in [5.41, 5.74) is -1.71. The molecule has 0 radical (unpaired) electrons. The lowest BCUT2D eigenvalue weighted by atomic mass is 9.94. The molecule has 0 bridgehead atoms. The topological polar surface area (TPSA) is 70.0 Å². The first-order chi connectivity index (χ1) is 7.26. The standard InChI is InChI=1S/C11H21NO4/c1-10(2,3)16-9(14)12-6-4-5-11(15,7-12)8-13/h13,15H,4-8H2,1-3H3.